The number of amides is 1. The van der Waals surface area contributed by atoms with E-state index < -0.39 is 5.25 Å². The molecule has 0 saturated carbocycles. The van der Waals surface area contributed by atoms with Gasteiger partial charge in [-0.25, -0.2) is 5.43 Å². The number of para-hydroxylation sites is 1. The fraction of sp³-hybridized carbons (Fsp3) is 0.185. The van der Waals surface area contributed by atoms with Crippen LogP contribution < -0.4 is 10.7 Å². The Balaban J connectivity index is 1.46. The summed E-state index contributed by atoms with van der Waals surface area (Å²) in [6, 6.07) is 26.0. The van der Waals surface area contributed by atoms with Gasteiger partial charge in [0.1, 0.15) is 0 Å². The lowest BCUT2D eigenvalue weighted by Crippen LogP contribution is -2.27. The minimum absolute atomic E-state index is 0.208. The fourth-order valence-electron chi connectivity index (χ4n) is 3.31. The van der Waals surface area contributed by atoms with E-state index in [1.165, 1.54) is 22.9 Å². The molecule has 0 unspecified atom stereocenters. The van der Waals surface area contributed by atoms with E-state index in [0.29, 0.717) is 11.7 Å². The third-order valence-electron chi connectivity index (χ3n) is 5.33. The van der Waals surface area contributed by atoms with Gasteiger partial charge in [0.15, 0.2) is 11.0 Å². The maximum absolute atomic E-state index is 12.7. The molecule has 7 nitrogen and oxygen atoms in total. The van der Waals surface area contributed by atoms with Gasteiger partial charge in [-0.2, -0.15) is 5.10 Å². The van der Waals surface area contributed by atoms with Crippen molar-refractivity contribution in [2.45, 2.75) is 37.7 Å². The molecule has 8 heteroatoms. The monoisotopic (exact) mass is 484 g/mol. The Morgan fingerprint density at radius 1 is 0.971 bits per heavy atom. The molecule has 1 aromatic heterocycles. The lowest BCUT2D eigenvalue weighted by atomic mass is 10.2. The molecule has 0 aliphatic heterocycles. The molecule has 35 heavy (non-hydrogen) atoms. The van der Waals surface area contributed by atoms with Gasteiger partial charge in [-0.15, -0.1) is 10.2 Å². The third-order valence-corrected chi connectivity index (χ3v) is 6.38. The van der Waals surface area contributed by atoms with Crippen LogP contribution in [0.4, 0.5) is 5.69 Å². The molecule has 3 aromatic carbocycles. The van der Waals surface area contributed by atoms with Gasteiger partial charge in [0.2, 0.25) is 0 Å². The van der Waals surface area contributed by atoms with Gasteiger partial charge < -0.3 is 5.32 Å². The number of hydrazone groups is 1. The molecule has 0 spiro atoms. The molecule has 4 rings (SSSR count). The number of carbonyl (C=O) groups is 1. The topological polar surface area (TPSA) is 84.2 Å². The van der Waals surface area contributed by atoms with Crippen LogP contribution >= 0.6 is 11.8 Å². The van der Waals surface area contributed by atoms with E-state index in [1.54, 1.807) is 6.21 Å². The second kappa shape index (κ2) is 11.5. The van der Waals surface area contributed by atoms with Crippen molar-refractivity contribution in [3.63, 3.8) is 0 Å². The van der Waals surface area contributed by atoms with Crippen LogP contribution in [-0.4, -0.2) is 32.1 Å². The summed E-state index contributed by atoms with van der Waals surface area (Å²) in [5.41, 5.74) is 7.87. The molecule has 1 amide bonds. The Morgan fingerprint density at radius 2 is 1.63 bits per heavy atom. The number of aryl methyl sites for hydroxylation is 2. The molecule has 0 aliphatic rings. The van der Waals surface area contributed by atoms with Crippen molar-refractivity contribution in [3.8, 4) is 5.69 Å². The maximum Gasteiger partial charge on any atom is 0.253 e. The van der Waals surface area contributed by atoms with Crippen LogP contribution in [0.3, 0.4) is 0 Å². The first kappa shape index (κ1) is 24.2. The van der Waals surface area contributed by atoms with Crippen molar-refractivity contribution in [2.75, 3.05) is 5.32 Å². The molecular formula is C27H28N6OS. The van der Waals surface area contributed by atoms with E-state index in [0.717, 1.165) is 22.8 Å². The van der Waals surface area contributed by atoms with Crippen molar-refractivity contribution in [1.29, 1.82) is 0 Å². The van der Waals surface area contributed by atoms with E-state index in [9.17, 15) is 4.79 Å². The molecule has 0 radical (unpaired) electrons. The zero-order chi connectivity index (χ0) is 24.6. The minimum Gasteiger partial charge on any atom is -0.378 e. The van der Waals surface area contributed by atoms with Gasteiger partial charge in [0.05, 0.1) is 18.0 Å². The number of rotatable bonds is 9. The van der Waals surface area contributed by atoms with Crippen LogP contribution in [0.15, 0.2) is 89.1 Å². The first-order valence-electron chi connectivity index (χ1n) is 11.4. The highest BCUT2D eigenvalue weighted by Crippen LogP contribution is 2.26. The van der Waals surface area contributed by atoms with Gasteiger partial charge in [-0.3, -0.25) is 9.36 Å². The number of aromatic nitrogens is 3. The molecule has 178 valence electrons. The van der Waals surface area contributed by atoms with Crippen molar-refractivity contribution in [2.24, 2.45) is 5.10 Å². The highest BCUT2D eigenvalue weighted by Gasteiger charge is 2.21. The largest absolute Gasteiger partial charge is 0.378 e. The summed E-state index contributed by atoms with van der Waals surface area (Å²) in [6.45, 7) is 6.41. The lowest BCUT2D eigenvalue weighted by molar-refractivity contribution is -0.120. The smallest absolute Gasteiger partial charge is 0.253 e. The standard InChI is InChI=1S/C27H28N6OS/c1-19-9-13-22(14-10-19)17-29-31-26(34)21(3)35-27-32-30-25(33(27)24-7-5-4-6-8-24)18-28-23-15-11-20(2)12-16-23/h4-17,21,28H,18H2,1-3H3,(H,31,34)/b29-17-/t21-/m0/s1. The van der Waals surface area contributed by atoms with E-state index in [-0.39, 0.29) is 5.91 Å². The summed E-state index contributed by atoms with van der Waals surface area (Å²) in [5, 5.41) is 16.5. The van der Waals surface area contributed by atoms with E-state index in [4.69, 9.17) is 0 Å². The highest BCUT2D eigenvalue weighted by molar-refractivity contribution is 8.00. The molecule has 4 aromatic rings. The summed E-state index contributed by atoms with van der Waals surface area (Å²) in [4.78, 5) is 12.7. The molecule has 0 aliphatic carbocycles. The first-order valence-corrected chi connectivity index (χ1v) is 12.2. The zero-order valence-electron chi connectivity index (χ0n) is 20.0. The summed E-state index contributed by atoms with van der Waals surface area (Å²) < 4.78 is 1.98. The third kappa shape index (κ3) is 6.58. The number of thioether (sulfide) groups is 1. The normalized spacial score (nSPS) is 12.0. The van der Waals surface area contributed by atoms with E-state index >= 15 is 0 Å². The van der Waals surface area contributed by atoms with Gasteiger partial charge >= 0.3 is 0 Å². The van der Waals surface area contributed by atoms with Gasteiger partial charge in [0, 0.05) is 11.4 Å². The molecule has 1 atom stereocenters. The molecule has 0 fully saturated rings. The second-order valence-electron chi connectivity index (χ2n) is 8.19. The van der Waals surface area contributed by atoms with Crippen LogP contribution in [-0.2, 0) is 11.3 Å². The maximum atomic E-state index is 12.7. The quantitative estimate of drug-likeness (QED) is 0.196. The number of benzene rings is 3. The fourth-order valence-corrected chi connectivity index (χ4v) is 4.19. The Labute approximate surface area is 209 Å². The van der Waals surface area contributed by atoms with Gasteiger partial charge in [-0.1, -0.05) is 77.5 Å². The Kier molecular flexibility index (Phi) is 7.95. The lowest BCUT2D eigenvalue weighted by Gasteiger charge is -2.13. The number of carbonyl (C=O) groups excluding carboxylic acids is 1. The number of anilines is 1. The van der Waals surface area contributed by atoms with Crippen LogP contribution in [0.1, 0.15) is 29.4 Å². The first-order chi connectivity index (χ1) is 17.0. The molecule has 1 heterocycles. The van der Waals surface area contributed by atoms with Crippen molar-refractivity contribution in [3.05, 3.63) is 101 Å². The molecular weight excluding hydrogens is 456 g/mol. The predicted octanol–water partition coefficient (Wildman–Crippen LogP) is 5.13. The molecule has 0 saturated heterocycles. The summed E-state index contributed by atoms with van der Waals surface area (Å²) in [6.07, 6.45) is 1.63. The van der Waals surface area contributed by atoms with Crippen LogP contribution in [0.5, 0.6) is 0 Å². The van der Waals surface area contributed by atoms with E-state index in [1.807, 2.05) is 85.1 Å². The van der Waals surface area contributed by atoms with Crippen molar-refractivity contribution >= 4 is 29.6 Å². The van der Waals surface area contributed by atoms with Crippen LogP contribution in [0.25, 0.3) is 5.69 Å². The molecule has 2 N–H and O–H groups in total. The zero-order valence-corrected chi connectivity index (χ0v) is 20.8. The Morgan fingerprint density at radius 3 is 2.31 bits per heavy atom. The Hall–Kier alpha value is -3.91. The number of nitrogens with zero attached hydrogens (tertiary/aromatic N) is 4. The highest BCUT2D eigenvalue weighted by atomic mass is 32.2. The summed E-state index contributed by atoms with van der Waals surface area (Å²) in [5.74, 6) is 0.546. The second-order valence-corrected chi connectivity index (χ2v) is 9.50. The van der Waals surface area contributed by atoms with Gasteiger partial charge in [-0.05, 0) is 50.6 Å². The minimum atomic E-state index is -0.422. The van der Waals surface area contributed by atoms with Crippen LogP contribution in [0.2, 0.25) is 0 Å². The summed E-state index contributed by atoms with van der Waals surface area (Å²) >= 11 is 1.34. The SMILES string of the molecule is Cc1ccc(/C=N\NC(=O)[C@H](C)Sc2nnc(CNc3ccc(C)cc3)n2-c2ccccc2)cc1. The van der Waals surface area contributed by atoms with Crippen LogP contribution in [0, 0.1) is 13.8 Å². The summed E-state index contributed by atoms with van der Waals surface area (Å²) in [7, 11) is 0. The average molecular weight is 485 g/mol. The van der Waals surface area contributed by atoms with Crippen molar-refractivity contribution in [1.82, 2.24) is 20.2 Å². The average Bonchev–Trinajstić information content (AvgIpc) is 3.27. The number of hydrogen-bond donors (Lipinski definition) is 2. The predicted molar refractivity (Wildman–Crippen MR) is 142 cm³/mol. The van der Waals surface area contributed by atoms with Gasteiger partial charge in [0.25, 0.3) is 5.91 Å². The number of nitrogens with one attached hydrogen (secondary N) is 2. The molecule has 0 bridgehead atoms. The Bertz CT molecular complexity index is 1280. The number of hydrogen-bond acceptors (Lipinski definition) is 6. The van der Waals surface area contributed by atoms with E-state index in [2.05, 4.69) is 45.1 Å². The van der Waals surface area contributed by atoms with Crippen molar-refractivity contribution < 1.29 is 4.79 Å².